The van der Waals surface area contributed by atoms with Crippen molar-refractivity contribution in [2.75, 3.05) is 13.7 Å². The van der Waals surface area contributed by atoms with Crippen LogP contribution in [0.2, 0.25) is 0 Å². The molecule has 1 heterocycles. The molecule has 0 fully saturated rings. The second-order valence-electron chi connectivity index (χ2n) is 5.04. The standard InChI is InChI=1S/C16H23N3OS/c1-5-9-17-13(6-2)16-19-18-15(21-16)12-8-7-11(3)14(10-12)20-4/h7-8,10,13,17H,5-6,9H2,1-4H3. The fraction of sp³-hybridized carbons (Fsp3) is 0.500. The SMILES string of the molecule is CCCNC(CC)c1nnc(-c2ccc(C)c(OC)c2)s1. The quantitative estimate of drug-likeness (QED) is 0.840. The Bertz CT molecular complexity index is 583. The van der Waals surface area contributed by atoms with E-state index in [1.807, 2.05) is 13.0 Å². The van der Waals surface area contributed by atoms with E-state index in [0.717, 1.165) is 46.3 Å². The Hall–Kier alpha value is -1.46. The Kier molecular flexibility index (Phi) is 5.70. The van der Waals surface area contributed by atoms with Crippen molar-refractivity contribution in [1.82, 2.24) is 15.5 Å². The van der Waals surface area contributed by atoms with E-state index in [9.17, 15) is 0 Å². The molecule has 0 amide bonds. The molecule has 0 spiro atoms. The fourth-order valence-corrected chi connectivity index (χ4v) is 3.17. The molecule has 2 rings (SSSR count). The van der Waals surface area contributed by atoms with Crippen LogP contribution in [0.4, 0.5) is 0 Å². The van der Waals surface area contributed by atoms with Crippen LogP contribution in [0.5, 0.6) is 5.75 Å². The van der Waals surface area contributed by atoms with Gasteiger partial charge in [-0.25, -0.2) is 0 Å². The summed E-state index contributed by atoms with van der Waals surface area (Å²) in [6.07, 6.45) is 2.14. The van der Waals surface area contributed by atoms with Gasteiger partial charge in [0, 0.05) is 5.56 Å². The van der Waals surface area contributed by atoms with Crippen LogP contribution in [0.1, 0.15) is 43.3 Å². The summed E-state index contributed by atoms with van der Waals surface area (Å²) >= 11 is 1.65. The summed E-state index contributed by atoms with van der Waals surface area (Å²) < 4.78 is 5.38. The van der Waals surface area contributed by atoms with Gasteiger partial charge in [0.15, 0.2) is 0 Å². The summed E-state index contributed by atoms with van der Waals surface area (Å²) in [6.45, 7) is 7.38. The lowest BCUT2D eigenvalue weighted by Crippen LogP contribution is -2.21. The van der Waals surface area contributed by atoms with Gasteiger partial charge in [-0.1, -0.05) is 37.3 Å². The van der Waals surface area contributed by atoms with E-state index in [-0.39, 0.29) is 0 Å². The van der Waals surface area contributed by atoms with Crippen molar-refractivity contribution >= 4 is 11.3 Å². The van der Waals surface area contributed by atoms with Crippen LogP contribution in [0.3, 0.4) is 0 Å². The second kappa shape index (κ2) is 7.52. The molecule has 1 atom stereocenters. The molecule has 2 aromatic rings. The molecule has 0 aliphatic carbocycles. The Balaban J connectivity index is 2.22. The smallest absolute Gasteiger partial charge is 0.147 e. The maximum atomic E-state index is 5.38. The number of aryl methyl sites for hydroxylation is 1. The maximum absolute atomic E-state index is 5.38. The zero-order valence-electron chi connectivity index (χ0n) is 13.1. The van der Waals surface area contributed by atoms with Crippen LogP contribution in [-0.2, 0) is 0 Å². The average Bonchev–Trinajstić information content (AvgIpc) is 2.98. The Labute approximate surface area is 130 Å². The molecule has 0 radical (unpaired) electrons. The molecular formula is C16H23N3OS. The minimum atomic E-state index is 0.295. The van der Waals surface area contributed by atoms with E-state index in [2.05, 4.69) is 41.5 Å². The van der Waals surface area contributed by atoms with Gasteiger partial charge in [0.25, 0.3) is 0 Å². The van der Waals surface area contributed by atoms with Gasteiger partial charge >= 0.3 is 0 Å². The zero-order chi connectivity index (χ0) is 15.2. The van der Waals surface area contributed by atoms with Crippen molar-refractivity contribution in [1.29, 1.82) is 0 Å². The third kappa shape index (κ3) is 3.80. The van der Waals surface area contributed by atoms with Gasteiger partial charge in [0.2, 0.25) is 0 Å². The van der Waals surface area contributed by atoms with Crippen molar-refractivity contribution in [3.05, 3.63) is 28.8 Å². The molecule has 21 heavy (non-hydrogen) atoms. The largest absolute Gasteiger partial charge is 0.496 e. The molecule has 5 heteroatoms. The van der Waals surface area contributed by atoms with Gasteiger partial charge in [0.05, 0.1) is 13.2 Å². The lowest BCUT2D eigenvalue weighted by atomic mass is 10.1. The molecule has 4 nitrogen and oxygen atoms in total. The Morgan fingerprint density at radius 1 is 1.29 bits per heavy atom. The highest BCUT2D eigenvalue weighted by molar-refractivity contribution is 7.14. The third-order valence-corrected chi connectivity index (χ3v) is 4.53. The number of nitrogens with one attached hydrogen (secondary N) is 1. The predicted molar refractivity (Wildman–Crippen MR) is 88.0 cm³/mol. The first kappa shape index (κ1) is 15.9. The summed E-state index contributed by atoms with van der Waals surface area (Å²) in [5, 5.41) is 14.2. The number of rotatable bonds is 7. The molecule has 0 aliphatic heterocycles. The lowest BCUT2D eigenvalue weighted by molar-refractivity contribution is 0.412. The number of hydrogen-bond acceptors (Lipinski definition) is 5. The first-order valence-corrected chi connectivity index (χ1v) is 8.23. The summed E-state index contributed by atoms with van der Waals surface area (Å²) in [6, 6.07) is 6.45. The van der Waals surface area contributed by atoms with E-state index in [1.165, 1.54) is 0 Å². The summed E-state index contributed by atoms with van der Waals surface area (Å²) in [5.41, 5.74) is 2.19. The molecule has 0 aliphatic rings. The highest BCUT2D eigenvalue weighted by Gasteiger charge is 2.15. The van der Waals surface area contributed by atoms with E-state index in [0.29, 0.717) is 6.04 Å². The monoisotopic (exact) mass is 305 g/mol. The van der Waals surface area contributed by atoms with Crippen molar-refractivity contribution in [3.8, 4) is 16.3 Å². The van der Waals surface area contributed by atoms with Crippen LogP contribution in [-0.4, -0.2) is 23.9 Å². The summed E-state index contributed by atoms with van der Waals surface area (Å²) in [4.78, 5) is 0. The molecule has 1 aromatic carbocycles. The molecule has 1 N–H and O–H groups in total. The number of ether oxygens (including phenoxy) is 1. The second-order valence-corrected chi connectivity index (χ2v) is 6.05. The van der Waals surface area contributed by atoms with Crippen LogP contribution in [0.15, 0.2) is 18.2 Å². The zero-order valence-corrected chi connectivity index (χ0v) is 14.0. The van der Waals surface area contributed by atoms with Crippen LogP contribution in [0, 0.1) is 6.92 Å². The minimum Gasteiger partial charge on any atom is -0.496 e. The number of benzene rings is 1. The number of methoxy groups -OCH3 is 1. The van der Waals surface area contributed by atoms with Crippen LogP contribution in [0.25, 0.3) is 10.6 Å². The maximum Gasteiger partial charge on any atom is 0.147 e. The van der Waals surface area contributed by atoms with Gasteiger partial charge < -0.3 is 10.1 Å². The van der Waals surface area contributed by atoms with Crippen molar-refractivity contribution in [2.45, 2.75) is 39.7 Å². The van der Waals surface area contributed by atoms with Gasteiger partial charge in [-0.15, -0.1) is 10.2 Å². The topological polar surface area (TPSA) is 47.0 Å². The highest BCUT2D eigenvalue weighted by Crippen LogP contribution is 2.31. The van der Waals surface area contributed by atoms with Crippen LogP contribution < -0.4 is 10.1 Å². The number of hydrogen-bond donors (Lipinski definition) is 1. The lowest BCUT2D eigenvalue weighted by Gasteiger charge is -2.12. The normalized spacial score (nSPS) is 12.4. The first-order chi connectivity index (χ1) is 10.2. The van der Waals surface area contributed by atoms with E-state index in [4.69, 9.17) is 4.74 Å². The third-order valence-electron chi connectivity index (χ3n) is 3.44. The molecule has 114 valence electrons. The first-order valence-electron chi connectivity index (χ1n) is 7.41. The predicted octanol–water partition coefficient (Wildman–Crippen LogP) is 3.97. The molecule has 0 saturated heterocycles. The van der Waals surface area contributed by atoms with Crippen molar-refractivity contribution in [3.63, 3.8) is 0 Å². The molecule has 0 bridgehead atoms. The van der Waals surface area contributed by atoms with E-state index < -0.39 is 0 Å². The minimum absolute atomic E-state index is 0.295. The van der Waals surface area contributed by atoms with Crippen molar-refractivity contribution in [2.24, 2.45) is 0 Å². The fourth-order valence-electron chi connectivity index (χ4n) is 2.17. The molecule has 1 aromatic heterocycles. The highest BCUT2D eigenvalue weighted by atomic mass is 32.1. The van der Waals surface area contributed by atoms with Crippen LogP contribution >= 0.6 is 11.3 Å². The van der Waals surface area contributed by atoms with Gasteiger partial charge in [-0.2, -0.15) is 0 Å². The summed E-state index contributed by atoms with van der Waals surface area (Å²) in [5.74, 6) is 0.889. The molecule has 0 saturated carbocycles. The summed E-state index contributed by atoms with van der Waals surface area (Å²) in [7, 11) is 1.69. The number of aromatic nitrogens is 2. The Morgan fingerprint density at radius 3 is 2.76 bits per heavy atom. The molecule has 1 unspecified atom stereocenters. The van der Waals surface area contributed by atoms with Crippen molar-refractivity contribution < 1.29 is 4.74 Å². The van der Waals surface area contributed by atoms with Gasteiger partial charge in [0.1, 0.15) is 15.8 Å². The van der Waals surface area contributed by atoms with E-state index in [1.54, 1.807) is 18.4 Å². The van der Waals surface area contributed by atoms with Gasteiger partial charge in [-0.3, -0.25) is 0 Å². The van der Waals surface area contributed by atoms with E-state index >= 15 is 0 Å². The number of nitrogens with zero attached hydrogens (tertiary/aromatic N) is 2. The average molecular weight is 305 g/mol. The molecular weight excluding hydrogens is 282 g/mol. The Morgan fingerprint density at radius 2 is 2.10 bits per heavy atom. The van der Waals surface area contributed by atoms with Gasteiger partial charge in [-0.05, 0) is 37.9 Å².